The van der Waals surface area contributed by atoms with Crippen LogP contribution in [0.15, 0.2) is 29.1 Å². The molecule has 1 aromatic heterocycles. The molecule has 0 radical (unpaired) electrons. The van der Waals surface area contributed by atoms with E-state index < -0.39 is 5.41 Å². The maximum absolute atomic E-state index is 12.0. The zero-order valence-corrected chi connectivity index (χ0v) is 14.2. The number of Topliss-reactive ketones (excluding diaryl/α,β-unsaturated/α-hetero) is 1. The van der Waals surface area contributed by atoms with Crippen molar-refractivity contribution in [2.45, 2.75) is 34.1 Å². The molecule has 1 N–H and O–H groups in total. The molecule has 2 rings (SSSR count). The average Bonchev–Trinajstić information content (AvgIpc) is 2.78. The Kier molecular flexibility index (Phi) is 4.81. The maximum Gasteiger partial charge on any atom is 0.266 e. The molecule has 3 nitrogen and oxygen atoms in total. The molecule has 1 heterocycles. The van der Waals surface area contributed by atoms with Gasteiger partial charge < -0.3 is 4.98 Å². The Morgan fingerprint density at radius 3 is 2.41 bits per heavy atom. The molecule has 4 heteroatoms. The van der Waals surface area contributed by atoms with Gasteiger partial charge in [0.25, 0.3) is 5.56 Å². The topological polar surface area (TPSA) is 49.9 Å². The van der Waals surface area contributed by atoms with Gasteiger partial charge >= 0.3 is 0 Å². The van der Waals surface area contributed by atoms with Crippen LogP contribution in [0.3, 0.4) is 0 Å². The summed E-state index contributed by atoms with van der Waals surface area (Å²) in [6.45, 7) is 7.69. The third kappa shape index (κ3) is 4.04. The smallest absolute Gasteiger partial charge is 0.266 e. The van der Waals surface area contributed by atoms with E-state index in [0.29, 0.717) is 9.20 Å². The number of ketones is 1. The van der Waals surface area contributed by atoms with E-state index in [0.717, 1.165) is 12.0 Å². The molecule has 0 saturated heterocycles. The van der Waals surface area contributed by atoms with E-state index in [4.69, 9.17) is 0 Å². The van der Waals surface area contributed by atoms with Crippen LogP contribution in [0.1, 0.15) is 38.8 Å². The second-order valence-electron chi connectivity index (χ2n) is 6.28. The maximum atomic E-state index is 12.0. The summed E-state index contributed by atoms with van der Waals surface area (Å²) in [6.07, 6.45) is 4.36. The van der Waals surface area contributed by atoms with Crippen molar-refractivity contribution in [3.05, 3.63) is 54.9 Å². The molecule has 0 amide bonds. The number of benzene rings is 1. The van der Waals surface area contributed by atoms with E-state index in [1.54, 1.807) is 0 Å². The Labute approximate surface area is 134 Å². The number of hydrogen-bond donors (Lipinski definition) is 1. The summed E-state index contributed by atoms with van der Waals surface area (Å²) in [4.78, 5) is 26.7. The predicted octanol–water partition coefficient (Wildman–Crippen LogP) is 2.22. The first-order valence-electron chi connectivity index (χ1n) is 7.35. The van der Waals surface area contributed by atoms with Crippen molar-refractivity contribution in [3.63, 3.8) is 0 Å². The van der Waals surface area contributed by atoms with Gasteiger partial charge in [0.1, 0.15) is 0 Å². The lowest BCUT2D eigenvalue weighted by Gasteiger charge is -2.12. The van der Waals surface area contributed by atoms with Gasteiger partial charge in [-0.2, -0.15) is 0 Å². The van der Waals surface area contributed by atoms with Gasteiger partial charge in [-0.1, -0.05) is 52.0 Å². The fraction of sp³-hybridized carbons (Fsp3) is 0.333. The van der Waals surface area contributed by atoms with E-state index in [1.807, 2.05) is 39.0 Å². The molecule has 0 aliphatic rings. The molecule has 0 fully saturated rings. The van der Waals surface area contributed by atoms with Gasteiger partial charge in [0.15, 0.2) is 5.78 Å². The predicted molar refractivity (Wildman–Crippen MR) is 92.5 cm³/mol. The molecule has 0 atom stereocenters. The molecule has 22 heavy (non-hydrogen) atoms. The van der Waals surface area contributed by atoms with Gasteiger partial charge in [0.05, 0.1) is 9.20 Å². The van der Waals surface area contributed by atoms with Crippen LogP contribution < -0.4 is 14.8 Å². The number of carbonyl (C=O) groups excluding carboxylic acids is 1. The molecule has 0 saturated carbocycles. The summed E-state index contributed by atoms with van der Waals surface area (Å²) in [6, 6.07) is 8.12. The minimum absolute atomic E-state index is 0.00356. The SMILES string of the molecule is CCc1ccc(/C=c2/s/c(=C\C(=O)C(C)(C)C)[nH]c2=O)cc1. The van der Waals surface area contributed by atoms with Gasteiger partial charge in [0.2, 0.25) is 0 Å². The van der Waals surface area contributed by atoms with Crippen molar-refractivity contribution in [1.29, 1.82) is 0 Å². The molecule has 0 aliphatic heterocycles. The van der Waals surface area contributed by atoms with Crippen LogP contribution in [-0.2, 0) is 11.2 Å². The van der Waals surface area contributed by atoms with Gasteiger partial charge in [0, 0.05) is 11.5 Å². The van der Waals surface area contributed by atoms with Gasteiger partial charge in [-0.05, 0) is 23.6 Å². The number of hydrogen-bond acceptors (Lipinski definition) is 3. The highest BCUT2D eigenvalue weighted by Gasteiger charge is 2.18. The number of nitrogens with one attached hydrogen (secondary N) is 1. The zero-order chi connectivity index (χ0) is 16.3. The van der Waals surface area contributed by atoms with E-state index >= 15 is 0 Å². The highest BCUT2D eigenvalue weighted by molar-refractivity contribution is 7.07. The van der Waals surface area contributed by atoms with Crippen molar-refractivity contribution in [2.75, 3.05) is 0 Å². The third-order valence-corrected chi connectivity index (χ3v) is 4.33. The lowest BCUT2D eigenvalue weighted by Crippen LogP contribution is -2.22. The molecule has 2 aromatic rings. The normalized spacial score (nSPS) is 13.6. The summed E-state index contributed by atoms with van der Waals surface area (Å²) in [7, 11) is 0. The van der Waals surface area contributed by atoms with Crippen LogP contribution in [0.2, 0.25) is 0 Å². The van der Waals surface area contributed by atoms with Gasteiger partial charge in [-0.15, -0.1) is 11.3 Å². The highest BCUT2D eigenvalue weighted by Crippen LogP contribution is 2.14. The van der Waals surface area contributed by atoms with Gasteiger partial charge in [-0.25, -0.2) is 0 Å². The summed E-state index contributed by atoms with van der Waals surface area (Å²) >= 11 is 1.31. The largest absolute Gasteiger partial charge is 0.313 e. The first-order chi connectivity index (χ1) is 10.3. The molecule has 0 aliphatic carbocycles. The van der Waals surface area contributed by atoms with Crippen LogP contribution in [-0.4, -0.2) is 10.8 Å². The Balaban J connectivity index is 2.41. The molecular formula is C18H21NO2S. The molecule has 1 aromatic carbocycles. The molecule has 116 valence electrons. The lowest BCUT2D eigenvalue weighted by molar-refractivity contribution is -0.119. The zero-order valence-electron chi connectivity index (χ0n) is 13.4. The van der Waals surface area contributed by atoms with E-state index in [2.05, 4.69) is 24.0 Å². The van der Waals surface area contributed by atoms with Crippen molar-refractivity contribution in [1.82, 2.24) is 4.98 Å². The second kappa shape index (κ2) is 6.44. The van der Waals surface area contributed by atoms with E-state index in [-0.39, 0.29) is 11.3 Å². The highest BCUT2D eigenvalue weighted by atomic mass is 32.1. The average molecular weight is 315 g/mol. The lowest BCUT2D eigenvalue weighted by atomic mass is 9.91. The van der Waals surface area contributed by atoms with Crippen molar-refractivity contribution < 1.29 is 4.79 Å². The third-order valence-electron chi connectivity index (χ3n) is 3.37. The number of H-pyrrole nitrogens is 1. The van der Waals surface area contributed by atoms with Crippen molar-refractivity contribution >= 4 is 29.3 Å². The standard InChI is InChI=1S/C18H21NO2S/c1-5-12-6-8-13(9-7-12)10-14-17(21)19-16(22-14)11-15(20)18(2,3)4/h6-11H,5H2,1-4H3,(H,19,21)/b14-10+,16-11-. The molecule has 0 spiro atoms. The monoisotopic (exact) mass is 315 g/mol. The minimum Gasteiger partial charge on any atom is -0.313 e. The number of rotatable bonds is 3. The van der Waals surface area contributed by atoms with Crippen molar-refractivity contribution in [2.24, 2.45) is 5.41 Å². The summed E-state index contributed by atoms with van der Waals surface area (Å²) in [5, 5.41) is 0. The fourth-order valence-electron chi connectivity index (χ4n) is 1.86. The molecule has 0 bridgehead atoms. The van der Waals surface area contributed by atoms with Crippen molar-refractivity contribution in [3.8, 4) is 0 Å². The number of aryl methyl sites for hydroxylation is 1. The first-order valence-corrected chi connectivity index (χ1v) is 8.17. The molecule has 0 unspecified atom stereocenters. The number of thiazole rings is 1. The Morgan fingerprint density at radius 2 is 1.86 bits per heavy atom. The first kappa shape index (κ1) is 16.4. The van der Waals surface area contributed by atoms with Crippen LogP contribution >= 0.6 is 11.3 Å². The Hall–Kier alpha value is -1.94. The summed E-state index contributed by atoms with van der Waals surface area (Å²) < 4.78 is 1.21. The van der Waals surface area contributed by atoms with Crippen LogP contribution in [0, 0.1) is 5.41 Å². The number of carbonyl (C=O) groups is 1. The fourth-order valence-corrected chi connectivity index (χ4v) is 2.75. The Morgan fingerprint density at radius 1 is 1.23 bits per heavy atom. The number of aromatic amines is 1. The van der Waals surface area contributed by atoms with Crippen LogP contribution in [0.25, 0.3) is 12.2 Å². The van der Waals surface area contributed by atoms with E-state index in [9.17, 15) is 9.59 Å². The van der Waals surface area contributed by atoms with E-state index in [1.165, 1.54) is 23.0 Å². The Bertz CT molecular complexity index is 833. The second-order valence-corrected chi connectivity index (χ2v) is 7.37. The minimum atomic E-state index is -0.444. The van der Waals surface area contributed by atoms with Crippen LogP contribution in [0.5, 0.6) is 0 Å². The number of aromatic nitrogens is 1. The summed E-state index contributed by atoms with van der Waals surface area (Å²) in [5.74, 6) is 0.00356. The molecular weight excluding hydrogens is 294 g/mol. The van der Waals surface area contributed by atoms with Gasteiger partial charge in [-0.3, -0.25) is 9.59 Å². The quantitative estimate of drug-likeness (QED) is 0.944. The van der Waals surface area contributed by atoms with Crippen LogP contribution in [0.4, 0.5) is 0 Å². The summed E-state index contributed by atoms with van der Waals surface area (Å²) in [5.41, 5.74) is 1.65.